The van der Waals surface area contributed by atoms with Gasteiger partial charge in [-0.15, -0.1) is 0 Å². The molecule has 0 spiro atoms. The predicted octanol–water partition coefficient (Wildman–Crippen LogP) is 4.49. The molecule has 0 saturated heterocycles. The molecule has 0 aliphatic carbocycles. The molecule has 0 atom stereocenters. The molecule has 1 aromatic rings. The van der Waals surface area contributed by atoms with Gasteiger partial charge in [-0.1, -0.05) is 6.07 Å². The summed E-state index contributed by atoms with van der Waals surface area (Å²) in [4.78, 5) is 0. The van der Waals surface area contributed by atoms with Crippen molar-refractivity contribution in [2.75, 3.05) is 5.73 Å². The van der Waals surface area contributed by atoms with E-state index in [0.29, 0.717) is 0 Å². The van der Waals surface area contributed by atoms with Crippen LogP contribution in [0, 0.1) is 0 Å². The van der Waals surface area contributed by atoms with Crippen molar-refractivity contribution in [1.82, 2.24) is 0 Å². The van der Waals surface area contributed by atoms with Gasteiger partial charge in [0.15, 0.2) is 0 Å². The number of aromatic hydroxyl groups is 1. The zero-order valence-corrected chi connectivity index (χ0v) is 9.87. The first-order valence-corrected chi connectivity index (χ1v) is 4.91. The average molecular weight is 329 g/mol. The van der Waals surface area contributed by atoms with Gasteiger partial charge >= 0.3 is 18.5 Å². The largest absolute Gasteiger partial charge is 0.506 e. The molecule has 0 aliphatic heterocycles. The van der Waals surface area contributed by atoms with Crippen LogP contribution in [0.2, 0.25) is 0 Å². The highest BCUT2D eigenvalue weighted by Crippen LogP contribution is 2.37. The van der Waals surface area contributed by atoms with Gasteiger partial charge in [-0.3, -0.25) is 0 Å². The molecule has 0 amide bonds. The van der Waals surface area contributed by atoms with Crippen molar-refractivity contribution in [2.45, 2.75) is 24.9 Å². The van der Waals surface area contributed by atoms with Crippen LogP contribution in [0.15, 0.2) is 18.2 Å². The maximum absolute atomic E-state index is 12.0. The van der Waals surface area contributed by atoms with Crippen molar-refractivity contribution in [3.05, 3.63) is 23.8 Å². The van der Waals surface area contributed by atoms with Gasteiger partial charge in [-0.25, -0.2) is 0 Å². The number of rotatable bonds is 0. The third kappa shape index (κ3) is 8.15. The Labute approximate surface area is 112 Å². The number of nitrogen functional groups attached to an aromatic ring is 1. The van der Waals surface area contributed by atoms with Gasteiger partial charge in [0.1, 0.15) is 12.2 Å². The lowest BCUT2D eigenvalue weighted by Gasteiger charge is -2.09. The predicted molar refractivity (Wildman–Crippen MR) is 54.2 cm³/mol. The number of anilines is 1. The van der Waals surface area contributed by atoms with Crippen molar-refractivity contribution in [1.29, 1.82) is 0 Å². The Hall–Kier alpha value is -1.81. The molecule has 1 aromatic carbocycles. The maximum Gasteiger partial charge on any atom is 0.418 e. The first-order chi connectivity index (χ1) is 9.13. The van der Waals surface area contributed by atoms with Crippen LogP contribution in [0.5, 0.6) is 5.75 Å². The molecular weight excluding hydrogens is 321 g/mol. The minimum absolute atomic E-state index is 0.551. The van der Waals surface area contributed by atoms with E-state index in [0.717, 1.165) is 18.2 Å². The van der Waals surface area contributed by atoms with E-state index in [1.807, 2.05) is 0 Å². The summed E-state index contributed by atoms with van der Waals surface area (Å²) < 4.78 is 101. The molecule has 21 heavy (non-hydrogen) atoms. The molecule has 0 unspecified atom stereocenters. The summed E-state index contributed by atoms with van der Waals surface area (Å²) in [6, 6.07) is 3.01. The second kappa shape index (κ2) is 6.31. The van der Waals surface area contributed by atoms with E-state index in [4.69, 9.17) is 10.8 Å². The molecule has 3 N–H and O–H groups in total. The number of hydrogen-bond acceptors (Lipinski definition) is 2. The highest BCUT2D eigenvalue weighted by Gasteiger charge is 2.43. The summed E-state index contributed by atoms with van der Waals surface area (Å²) in [5, 5.41) is 8.84. The summed E-state index contributed by atoms with van der Waals surface area (Å²) in [5.74, 6) is -0.551. The monoisotopic (exact) mass is 329 g/mol. The van der Waals surface area contributed by atoms with Crippen LogP contribution in [-0.2, 0) is 6.18 Å². The fourth-order valence-electron chi connectivity index (χ4n) is 1.03. The number of hydrogen-bond donors (Lipinski definition) is 2. The number of para-hydroxylation sites is 1. The minimum atomic E-state index is -5.14. The van der Waals surface area contributed by atoms with Crippen LogP contribution in [0.4, 0.5) is 45.2 Å². The lowest BCUT2D eigenvalue weighted by Crippen LogP contribution is -2.20. The quantitative estimate of drug-likeness (QED) is 0.418. The van der Waals surface area contributed by atoms with Crippen LogP contribution >= 0.6 is 0 Å². The standard InChI is InChI=1S/C7H6F3NO.C3H2F6/c8-7(9,10)4-2-1-3-5(12)6(4)11;4-2(5,6)1-3(7,8)9/h1-3,12H,11H2;1H2. The number of phenols is 1. The summed E-state index contributed by atoms with van der Waals surface area (Å²) in [6.45, 7) is 0. The molecule has 0 aromatic heterocycles. The zero-order valence-electron chi connectivity index (χ0n) is 9.87. The Morgan fingerprint density at radius 3 is 1.52 bits per heavy atom. The van der Waals surface area contributed by atoms with E-state index in [1.54, 1.807) is 0 Å². The second-order valence-electron chi connectivity index (χ2n) is 3.64. The van der Waals surface area contributed by atoms with Crippen LogP contribution in [0.3, 0.4) is 0 Å². The molecule has 0 aliphatic rings. The third-order valence-corrected chi connectivity index (χ3v) is 1.79. The fraction of sp³-hybridized carbons (Fsp3) is 0.400. The van der Waals surface area contributed by atoms with Gasteiger partial charge in [0, 0.05) is 0 Å². The van der Waals surface area contributed by atoms with Gasteiger partial charge in [0.2, 0.25) is 0 Å². The second-order valence-corrected chi connectivity index (χ2v) is 3.64. The first kappa shape index (κ1) is 19.2. The van der Waals surface area contributed by atoms with E-state index < -0.39 is 42.0 Å². The van der Waals surface area contributed by atoms with Gasteiger partial charge in [-0.05, 0) is 12.1 Å². The molecule has 1 rings (SSSR count). The van der Waals surface area contributed by atoms with E-state index in [2.05, 4.69) is 0 Å². The van der Waals surface area contributed by atoms with E-state index in [1.165, 1.54) is 0 Å². The zero-order chi connectivity index (χ0) is 17.1. The van der Waals surface area contributed by atoms with Crippen molar-refractivity contribution in [3.63, 3.8) is 0 Å². The number of benzene rings is 1. The number of alkyl halides is 9. The molecule has 122 valence electrons. The molecule has 0 heterocycles. The SMILES string of the molecule is FC(F)(F)CC(F)(F)F.Nc1c(O)cccc1C(F)(F)F. The van der Waals surface area contributed by atoms with Crippen molar-refractivity contribution >= 4 is 5.69 Å². The molecule has 0 radical (unpaired) electrons. The first-order valence-electron chi connectivity index (χ1n) is 4.91. The molecule has 0 bridgehead atoms. The number of nitrogens with two attached hydrogens (primary N) is 1. The van der Waals surface area contributed by atoms with Gasteiger partial charge in [0.25, 0.3) is 0 Å². The van der Waals surface area contributed by atoms with Crippen LogP contribution in [0.25, 0.3) is 0 Å². The van der Waals surface area contributed by atoms with E-state index >= 15 is 0 Å². The van der Waals surface area contributed by atoms with Crippen molar-refractivity contribution < 1.29 is 44.6 Å². The highest BCUT2D eigenvalue weighted by molar-refractivity contribution is 5.58. The highest BCUT2D eigenvalue weighted by atomic mass is 19.4. The lowest BCUT2D eigenvalue weighted by atomic mass is 10.1. The minimum Gasteiger partial charge on any atom is -0.506 e. The van der Waals surface area contributed by atoms with Gasteiger partial charge < -0.3 is 10.8 Å². The fourth-order valence-corrected chi connectivity index (χ4v) is 1.03. The van der Waals surface area contributed by atoms with Crippen LogP contribution in [0.1, 0.15) is 12.0 Å². The lowest BCUT2D eigenvalue weighted by molar-refractivity contribution is -0.232. The molecule has 11 heteroatoms. The average Bonchev–Trinajstić information content (AvgIpc) is 2.15. The molecule has 0 saturated carbocycles. The number of halogens is 9. The van der Waals surface area contributed by atoms with E-state index in [9.17, 15) is 39.5 Å². The molecule has 0 fully saturated rings. The Morgan fingerprint density at radius 1 is 0.857 bits per heavy atom. The van der Waals surface area contributed by atoms with Crippen LogP contribution in [-0.4, -0.2) is 17.5 Å². The Morgan fingerprint density at radius 2 is 1.29 bits per heavy atom. The normalized spacial score (nSPS) is 12.6. The van der Waals surface area contributed by atoms with E-state index in [-0.39, 0.29) is 0 Å². The Bertz CT molecular complexity index is 449. The number of phenolic OH excluding ortho intramolecular Hbond substituents is 1. The third-order valence-electron chi connectivity index (χ3n) is 1.79. The summed E-state index contributed by atoms with van der Waals surface area (Å²) in [5.41, 5.74) is 3.35. The Kier molecular flexibility index (Phi) is 5.76. The van der Waals surface area contributed by atoms with Gasteiger partial charge in [-0.2, -0.15) is 39.5 Å². The van der Waals surface area contributed by atoms with Gasteiger partial charge in [0.05, 0.1) is 11.3 Å². The summed E-state index contributed by atoms with van der Waals surface area (Å²) in [6.07, 6.45) is -17.5. The van der Waals surface area contributed by atoms with Crippen LogP contribution < -0.4 is 5.73 Å². The Balaban J connectivity index is 0.000000400. The molecule has 2 nitrogen and oxygen atoms in total. The summed E-state index contributed by atoms with van der Waals surface area (Å²) in [7, 11) is 0. The smallest absolute Gasteiger partial charge is 0.418 e. The molecular formula is C10H8F9NO. The van der Waals surface area contributed by atoms with Crippen molar-refractivity contribution in [3.8, 4) is 5.75 Å². The summed E-state index contributed by atoms with van der Waals surface area (Å²) >= 11 is 0. The van der Waals surface area contributed by atoms with Crippen molar-refractivity contribution in [2.24, 2.45) is 0 Å². The topological polar surface area (TPSA) is 46.2 Å². The maximum atomic E-state index is 12.0.